The number of rotatable bonds is 5. The minimum atomic E-state index is 0. The number of aromatic nitrogens is 1. The highest BCUT2D eigenvalue weighted by molar-refractivity contribution is 7.13. The van der Waals surface area contributed by atoms with Crippen LogP contribution in [0, 0.1) is 0 Å². The van der Waals surface area contributed by atoms with Gasteiger partial charge in [-0.3, -0.25) is 4.90 Å². The van der Waals surface area contributed by atoms with Crippen LogP contribution >= 0.6 is 36.2 Å². The SMILES string of the molecule is CNC1CCCN(Cc2csc(-c3ccc(OC)cc3)n2)C1.Cl.Cl. The summed E-state index contributed by atoms with van der Waals surface area (Å²) in [6, 6.07) is 8.73. The van der Waals surface area contributed by atoms with Gasteiger partial charge in [0.2, 0.25) is 0 Å². The molecular formula is C17H25Cl2N3OS. The highest BCUT2D eigenvalue weighted by Crippen LogP contribution is 2.26. The molecule has 1 aromatic heterocycles. The summed E-state index contributed by atoms with van der Waals surface area (Å²) in [4.78, 5) is 7.29. The first-order valence-corrected chi connectivity index (χ1v) is 8.65. The average molecular weight is 390 g/mol. The van der Waals surface area contributed by atoms with Crippen molar-refractivity contribution in [2.24, 2.45) is 0 Å². The van der Waals surface area contributed by atoms with Crippen LogP contribution < -0.4 is 10.1 Å². The minimum absolute atomic E-state index is 0. The molecule has 0 amide bonds. The second-order valence-corrected chi connectivity index (χ2v) is 6.59. The molecule has 1 atom stereocenters. The van der Waals surface area contributed by atoms with Crippen LogP contribution in [0.15, 0.2) is 29.6 Å². The summed E-state index contributed by atoms with van der Waals surface area (Å²) in [5.41, 5.74) is 2.33. The Morgan fingerprint density at radius 1 is 1.29 bits per heavy atom. The highest BCUT2D eigenvalue weighted by Gasteiger charge is 2.19. The standard InChI is InChI=1S/C17H23N3OS.2ClH/c1-18-14-4-3-9-20(10-14)11-15-12-22-17(19-15)13-5-7-16(21-2)8-6-13;;/h5-8,12,14,18H,3-4,9-11H2,1-2H3;2*1H. The van der Waals surface area contributed by atoms with Gasteiger partial charge in [0.05, 0.1) is 12.8 Å². The van der Waals surface area contributed by atoms with Crippen LogP contribution in [0.25, 0.3) is 10.6 Å². The maximum absolute atomic E-state index is 5.20. The topological polar surface area (TPSA) is 37.4 Å². The summed E-state index contributed by atoms with van der Waals surface area (Å²) >= 11 is 1.72. The van der Waals surface area contributed by atoms with Crippen LogP contribution in [0.2, 0.25) is 0 Å². The minimum Gasteiger partial charge on any atom is -0.497 e. The van der Waals surface area contributed by atoms with E-state index < -0.39 is 0 Å². The zero-order valence-corrected chi connectivity index (χ0v) is 16.5. The second kappa shape index (κ2) is 10.2. The molecule has 0 saturated carbocycles. The number of piperidine rings is 1. The molecule has 1 saturated heterocycles. The summed E-state index contributed by atoms with van der Waals surface area (Å²) in [5.74, 6) is 0.881. The molecule has 3 rings (SSSR count). The zero-order chi connectivity index (χ0) is 15.4. The van der Waals surface area contributed by atoms with Crippen LogP contribution in [-0.2, 0) is 6.54 Å². The maximum atomic E-state index is 5.20. The molecular weight excluding hydrogens is 365 g/mol. The van der Waals surface area contributed by atoms with Crippen molar-refractivity contribution in [1.29, 1.82) is 0 Å². The van der Waals surface area contributed by atoms with Crippen molar-refractivity contribution < 1.29 is 4.74 Å². The summed E-state index contributed by atoms with van der Waals surface area (Å²) in [6.45, 7) is 3.24. The fourth-order valence-corrected chi connectivity index (χ4v) is 3.73. The molecule has 1 aromatic carbocycles. The van der Waals surface area contributed by atoms with Gasteiger partial charge in [-0.05, 0) is 50.7 Å². The molecule has 1 N–H and O–H groups in total. The first-order chi connectivity index (χ1) is 10.8. The Balaban J connectivity index is 0.00000144. The molecule has 0 bridgehead atoms. The molecule has 2 aromatic rings. The molecule has 0 radical (unpaired) electrons. The monoisotopic (exact) mass is 389 g/mol. The van der Waals surface area contributed by atoms with E-state index in [-0.39, 0.29) is 24.8 Å². The molecule has 24 heavy (non-hydrogen) atoms. The molecule has 0 spiro atoms. The van der Waals surface area contributed by atoms with Crippen molar-refractivity contribution in [1.82, 2.24) is 15.2 Å². The predicted molar refractivity (Wildman–Crippen MR) is 106 cm³/mol. The van der Waals surface area contributed by atoms with Crippen molar-refractivity contribution in [2.75, 3.05) is 27.2 Å². The first-order valence-electron chi connectivity index (χ1n) is 7.77. The Morgan fingerprint density at radius 2 is 2.04 bits per heavy atom. The Hall–Kier alpha value is -0.850. The van der Waals surface area contributed by atoms with Crippen LogP contribution in [0.4, 0.5) is 0 Å². The Labute approximate surface area is 160 Å². The van der Waals surface area contributed by atoms with Gasteiger partial charge in [-0.1, -0.05) is 0 Å². The number of hydrogen-bond donors (Lipinski definition) is 1. The van der Waals surface area contributed by atoms with Crippen molar-refractivity contribution in [2.45, 2.75) is 25.4 Å². The van der Waals surface area contributed by atoms with E-state index >= 15 is 0 Å². The van der Waals surface area contributed by atoms with Crippen LogP contribution in [0.3, 0.4) is 0 Å². The summed E-state index contributed by atoms with van der Waals surface area (Å²) in [5, 5.41) is 6.66. The zero-order valence-electron chi connectivity index (χ0n) is 14.0. The first kappa shape index (κ1) is 21.2. The van der Waals surface area contributed by atoms with Crippen LogP contribution in [-0.4, -0.2) is 43.2 Å². The second-order valence-electron chi connectivity index (χ2n) is 5.74. The van der Waals surface area contributed by atoms with E-state index in [1.54, 1.807) is 18.4 Å². The van der Waals surface area contributed by atoms with Gasteiger partial charge in [0.25, 0.3) is 0 Å². The summed E-state index contributed by atoms with van der Waals surface area (Å²) < 4.78 is 5.20. The quantitative estimate of drug-likeness (QED) is 0.842. The van der Waals surface area contributed by atoms with Gasteiger partial charge in [-0.2, -0.15) is 0 Å². The van der Waals surface area contributed by atoms with E-state index in [1.807, 2.05) is 12.1 Å². The molecule has 0 aliphatic carbocycles. The molecule has 134 valence electrons. The third-order valence-electron chi connectivity index (χ3n) is 4.19. The van der Waals surface area contributed by atoms with Crippen molar-refractivity contribution >= 4 is 36.2 Å². The van der Waals surface area contributed by atoms with Crippen molar-refractivity contribution in [3.05, 3.63) is 35.3 Å². The number of nitrogens with one attached hydrogen (secondary N) is 1. The Bertz CT molecular complexity index is 606. The van der Waals surface area contributed by atoms with Crippen LogP contribution in [0.5, 0.6) is 5.75 Å². The number of likely N-dealkylation sites (tertiary alicyclic amines) is 1. The normalized spacial score (nSPS) is 17.7. The van der Waals surface area contributed by atoms with Gasteiger partial charge in [-0.25, -0.2) is 4.98 Å². The van der Waals surface area contributed by atoms with Gasteiger partial charge in [-0.15, -0.1) is 36.2 Å². The lowest BCUT2D eigenvalue weighted by Gasteiger charge is -2.31. The lowest BCUT2D eigenvalue weighted by atomic mass is 10.1. The smallest absolute Gasteiger partial charge is 0.123 e. The van der Waals surface area contributed by atoms with E-state index in [4.69, 9.17) is 9.72 Å². The molecule has 4 nitrogen and oxygen atoms in total. The molecule has 7 heteroatoms. The lowest BCUT2D eigenvalue weighted by Crippen LogP contribution is -2.43. The number of nitrogens with zero attached hydrogens (tertiary/aromatic N) is 2. The number of thiazole rings is 1. The fraction of sp³-hybridized carbons (Fsp3) is 0.471. The van der Waals surface area contributed by atoms with Crippen molar-refractivity contribution in [3.8, 4) is 16.3 Å². The molecule has 1 unspecified atom stereocenters. The van der Waals surface area contributed by atoms with Gasteiger partial charge in [0.15, 0.2) is 0 Å². The average Bonchev–Trinajstić information content (AvgIpc) is 3.03. The fourth-order valence-electron chi connectivity index (χ4n) is 2.91. The molecule has 2 heterocycles. The van der Waals surface area contributed by atoms with E-state index in [2.05, 4.69) is 34.8 Å². The van der Waals surface area contributed by atoms with E-state index in [0.717, 1.165) is 29.4 Å². The van der Waals surface area contributed by atoms with Crippen LogP contribution in [0.1, 0.15) is 18.5 Å². The molecule has 1 aliphatic rings. The van der Waals surface area contributed by atoms with Gasteiger partial charge in [0, 0.05) is 30.1 Å². The van der Waals surface area contributed by atoms with Gasteiger partial charge in [0.1, 0.15) is 10.8 Å². The number of methoxy groups -OCH3 is 1. The lowest BCUT2D eigenvalue weighted by molar-refractivity contribution is 0.186. The van der Waals surface area contributed by atoms with Crippen molar-refractivity contribution in [3.63, 3.8) is 0 Å². The van der Waals surface area contributed by atoms with Gasteiger partial charge >= 0.3 is 0 Å². The van der Waals surface area contributed by atoms with E-state index in [9.17, 15) is 0 Å². The third-order valence-corrected chi connectivity index (χ3v) is 5.13. The summed E-state index contributed by atoms with van der Waals surface area (Å²) in [7, 11) is 3.74. The Kier molecular flexibility index (Phi) is 9.02. The largest absolute Gasteiger partial charge is 0.497 e. The Morgan fingerprint density at radius 3 is 2.71 bits per heavy atom. The number of benzene rings is 1. The van der Waals surface area contributed by atoms with E-state index in [0.29, 0.717) is 6.04 Å². The predicted octanol–water partition coefficient (Wildman–Crippen LogP) is 3.85. The number of likely N-dealkylation sites (N-methyl/N-ethyl adjacent to an activating group) is 1. The van der Waals surface area contributed by atoms with E-state index in [1.165, 1.54) is 25.1 Å². The third kappa shape index (κ3) is 5.33. The maximum Gasteiger partial charge on any atom is 0.123 e. The number of halogens is 2. The van der Waals surface area contributed by atoms with Gasteiger partial charge < -0.3 is 10.1 Å². The number of hydrogen-bond acceptors (Lipinski definition) is 5. The number of ether oxygens (including phenoxy) is 1. The summed E-state index contributed by atoms with van der Waals surface area (Å²) in [6.07, 6.45) is 2.54. The molecule has 1 fully saturated rings. The highest BCUT2D eigenvalue weighted by atomic mass is 35.5. The molecule has 1 aliphatic heterocycles.